The highest BCUT2D eigenvalue weighted by atomic mass is 79.9. The highest BCUT2D eigenvalue weighted by Gasteiger charge is 2.11. The van der Waals surface area contributed by atoms with Gasteiger partial charge in [0.1, 0.15) is 0 Å². The van der Waals surface area contributed by atoms with E-state index in [9.17, 15) is 0 Å². The van der Waals surface area contributed by atoms with Gasteiger partial charge in [-0.15, -0.1) is 11.3 Å². The van der Waals surface area contributed by atoms with Crippen molar-refractivity contribution in [3.63, 3.8) is 0 Å². The van der Waals surface area contributed by atoms with E-state index in [1.54, 1.807) is 0 Å². The molecule has 2 aromatic rings. The minimum absolute atomic E-state index is 0.390. The molecule has 0 aliphatic rings. The van der Waals surface area contributed by atoms with Gasteiger partial charge in [0, 0.05) is 17.3 Å². The average Bonchev–Trinajstić information content (AvgIpc) is 2.82. The van der Waals surface area contributed by atoms with Crippen molar-refractivity contribution in [2.24, 2.45) is 0 Å². The first kappa shape index (κ1) is 13.8. The lowest BCUT2D eigenvalue weighted by Crippen LogP contribution is -2.18. The second-order valence-corrected chi connectivity index (χ2v) is 6.89. The molecular weight excluding hydrogens is 306 g/mol. The molecule has 96 valence electrons. The van der Waals surface area contributed by atoms with E-state index in [1.807, 2.05) is 18.4 Å². The van der Waals surface area contributed by atoms with Gasteiger partial charge in [0.2, 0.25) is 0 Å². The third-order valence-electron chi connectivity index (χ3n) is 3.17. The third kappa shape index (κ3) is 3.44. The van der Waals surface area contributed by atoms with Crippen LogP contribution in [0.2, 0.25) is 0 Å². The zero-order chi connectivity index (χ0) is 13.0. The van der Waals surface area contributed by atoms with E-state index in [4.69, 9.17) is 0 Å². The van der Waals surface area contributed by atoms with E-state index in [0.29, 0.717) is 6.04 Å². The number of likely N-dealkylation sites (N-methyl/N-ethyl adjacent to an activating group) is 1. The molecule has 18 heavy (non-hydrogen) atoms. The Labute approximate surface area is 121 Å². The van der Waals surface area contributed by atoms with Gasteiger partial charge in [0.05, 0.1) is 3.79 Å². The lowest BCUT2D eigenvalue weighted by molar-refractivity contribution is 0.596. The first-order chi connectivity index (χ1) is 8.72. The summed E-state index contributed by atoms with van der Waals surface area (Å²) in [6, 6.07) is 13.6. The monoisotopic (exact) mass is 323 g/mol. The van der Waals surface area contributed by atoms with E-state index >= 15 is 0 Å². The number of benzene rings is 1. The van der Waals surface area contributed by atoms with Gasteiger partial charge in [-0.2, -0.15) is 0 Å². The maximum atomic E-state index is 3.52. The molecule has 1 aromatic heterocycles. The van der Waals surface area contributed by atoms with Crippen molar-refractivity contribution in [2.75, 3.05) is 7.05 Å². The number of nitrogens with one attached hydrogen (secondary N) is 1. The van der Waals surface area contributed by atoms with Crippen LogP contribution >= 0.6 is 27.3 Å². The molecule has 0 radical (unpaired) electrons. The molecule has 0 spiro atoms. The van der Waals surface area contributed by atoms with Crippen LogP contribution in [0.25, 0.3) is 0 Å². The van der Waals surface area contributed by atoms with Gasteiger partial charge in [0.25, 0.3) is 0 Å². The maximum Gasteiger partial charge on any atom is 0.0701 e. The summed E-state index contributed by atoms with van der Waals surface area (Å²) in [6.45, 7) is 2.19. The summed E-state index contributed by atoms with van der Waals surface area (Å²) in [4.78, 5) is 1.40. The fourth-order valence-corrected chi connectivity index (χ4v) is 3.56. The molecule has 1 heterocycles. The Kier molecular flexibility index (Phi) is 4.98. The zero-order valence-corrected chi connectivity index (χ0v) is 13.1. The van der Waals surface area contributed by atoms with Gasteiger partial charge < -0.3 is 5.32 Å². The van der Waals surface area contributed by atoms with Gasteiger partial charge >= 0.3 is 0 Å². The van der Waals surface area contributed by atoms with Gasteiger partial charge in [-0.1, -0.05) is 31.2 Å². The van der Waals surface area contributed by atoms with Gasteiger partial charge in [0.15, 0.2) is 0 Å². The van der Waals surface area contributed by atoms with Gasteiger partial charge in [-0.25, -0.2) is 0 Å². The first-order valence-corrected chi connectivity index (χ1v) is 7.84. The Bertz CT molecular complexity index is 489. The summed E-state index contributed by atoms with van der Waals surface area (Å²) in [5.74, 6) is 0. The van der Waals surface area contributed by atoms with E-state index in [0.717, 1.165) is 12.8 Å². The zero-order valence-electron chi connectivity index (χ0n) is 10.7. The number of hydrogen-bond donors (Lipinski definition) is 1. The summed E-state index contributed by atoms with van der Waals surface area (Å²) >= 11 is 5.33. The van der Waals surface area contributed by atoms with E-state index < -0.39 is 0 Å². The molecule has 3 heteroatoms. The van der Waals surface area contributed by atoms with Crippen LogP contribution in [-0.2, 0) is 12.8 Å². The highest BCUT2D eigenvalue weighted by molar-refractivity contribution is 9.11. The molecule has 2 rings (SSSR count). The number of aryl methyl sites for hydroxylation is 1. The van der Waals surface area contributed by atoms with Crippen molar-refractivity contribution < 1.29 is 0 Å². The Hall–Kier alpha value is -0.640. The van der Waals surface area contributed by atoms with Gasteiger partial charge in [-0.3, -0.25) is 0 Å². The van der Waals surface area contributed by atoms with Crippen LogP contribution in [0.15, 0.2) is 40.2 Å². The summed E-state index contributed by atoms with van der Waals surface area (Å²) < 4.78 is 1.20. The second kappa shape index (κ2) is 6.50. The normalized spacial score (nSPS) is 12.6. The van der Waals surface area contributed by atoms with Crippen LogP contribution in [0.5, 0.6) is 0 Å². The molecule has 0 saturated carbocycles. The topological polar surface area (TPSA) is 12.0 Å². The van der Waals surface area contributed by atoms with E-state index in [1.165, 1.54) is 19.8 Å². The summed E-state index contributed by atoms with van der Waals surface area (Å²) in [5, 5.41) is 3.40. The Morgan fingerprint density at radius 2 is 1.89 bits per heavy atom. The molecule has 0 fully saturated rings. The smallest absolute Gasteiger partial charge is 0.0701 e. The fourth-order valence-electron chi connectivity index (χ4n) is 2.03. The number of hydrogen-bond acceptors (Lipinski definition) is 2. The highest BCUT2D eigenvalue weighted by Crippen LogP contribution is 2.27. The van der Waals surface area contributed by atoms with Gasteiger partial charge in [-0.05, 0) is 52.7 Å². The predicted octanol–water partition coefficient (Wildman–Crippen LogP) is 4.58. The summed E-state index contributed by atoms with van der Waals surface area (Å²) in [5.41, 5.74) is 2.76. The molecule has 1 aromatic carbocycles. The molecule has 0 amide bonds. The van der Waals surface area contributed by atoms with E-state index in [2.05, 4.69) is 64.6 Å². The molecule has 1 N–H and O–H groups in total. The molecule has 1 unspecified atom stereocenters. The van der Waals surface area contributed by atoms with Crippen molar-refractivity contribution >= 4 is 27.3 Å². The lowest BCUT2D eigenvalue weighted by atomic mass is 10.0. The molecular formula is C15H18BrNS. The quantitative estimate of drug-likeness (QED) is 0.849. The van der Waals surface area contributed by atoms with Crippen molar-refractivity contribution in [1.82, 2.24) is 5.32 Å². The number of thiophene rings is 1. The Morgan fingerprint density at radius 1 is 1.17 bits per heavy atom. The molecule has 0 aliphatic heterocycles. The van der Waals surface area contributed by atoms with Crippen molar-refractivity contribution in [3.8, 4) is 0 Å². The fraction of sp³-hybridized carbons (Fsp3) is 0.333. The van der Waals surface area contributed by atoms with Crippen LogP contribution in [0, 0.1) is 0 Å². The minimum Gasteiger partial charge on any atom is -0.313 e. The second-order valence-electron chi connectivity index (χ2n) is 4.35. The molecule has 0 aliphatic carbocycles. The molecule has 1 atom stereocenters. The summed E-state index contributed by atoms with van der Waals surface area (Å²) in [7, 11) is 2.03. The Morgan fingerprint density at radius 3 is 2.39 bits per heavy atom. The molecule has 0 bridgehead atoms. The minimum atomic E-state index is 0.390. The standard InChI is InChI=1S/C15H18BrNS/c1-3-11-4-6-12(7-5-11)14(17-2)10-13-8-9-15(16)18-13/h4-9,14,17H,3,10H2,1-2H3. The van der Waals surface area contributed by atoms with Crippen molar-refractivity contribution in [2.45, 2.75) is 25.8 Å². The molecule has 0 saturated heterocycles. The average molecular weight is 324 g/mol. The van der Waals surface area contributed by atoms with Crippen LogP contribution in [-0.4, -0.2) is 7.05 Å². The van der Waals surface area contributed by atoms with Crippen LogP contribution in [0.1, 0.15) is 29.0 Å². The predicted molar refractivity (Wildman–Crippen MR) is 83.3 cm³/mol. The first-order valence-electron chi connectivity index (χ1n) is 6.23. The van der Waals surface area contributed by atoms with Crippen LogP contribution < -0.4 is 5.32 Å². The Balaban J connectivity index is 2.12. The number of rotatable bonds is 5. The van der Waals surface area contributed by atoms with Crippen molar-refractivity contribution in [3.05, 3.63) is 56.2 Å². The van der Waals surface area contributed by atoms with Crippen LogP contribution in [0.3, 0.4) is 0 Å². The SMILES string of the molecule is CCc1ccc(C(Cc2ccc(Br)s2)NC)cc1. The maximum absolute atomic E-state index is 3.52. The van der Waals surface area contributed by atoms with Crippen molar-refractivity contribution in [1.29, 1.82) is 0 Å². The third-order valence-corrected chi connectivity index (χ3v) is 4.82. The largest absolute Gasteiger partial charge is 0.313 e. The van der Waals surface area contributed by atoms with E-state index in [-0.39, 0.29) is 0 Å². The summed E-state index contributed by atoms with van der Waals surface area (Å²) in [6.07, 6.45) is 2.14. The molecule has 1 nitrogen and oxygen atoms in total. The number of halogens is 1. The lowest BCUT2D eigenvalue weighted by Gasteiger charge is -2.16. The van der Waals surface area contributed by atoms with Crippen LogP contribution in [0.4, 0.5) is 0 Å².